The second-order valence-corrected chi connectivity index (χ2v) is 7.90. The summed E-state index contributed by atoms with van der Waals surface area (Å²) in [6.45, 7) is 0.876. The fourth-order valence-corrected chi connectivity index (χ4v) is 6.13. The summed E-state index contributed by atoms with van der Waals surface area (Å²) in [6, 6.07) is 11.0. The summed E-state index contributed by atoms with van der Waals surface area (Å²) >= 11 is 0. The molecule has 1 aromatic rings. The molecule has 0 radical (unpaired) electrons. The first kappa shape index (κ1) is 12.9. The van der Waals surface area contributed by atoms with Crippen molar-refractivity contribution < 1.29 is 0 Å². The summed E-state index contributed by atoms with van der Waals surface area (Å²) in [5, 5.41) is 0. The standard InChI is InChI=1S/C19H27N/c20-13-18(9-14-4-2-1-3-5-14)19-10-15-6-16(11-19)8-17(7-15)12-19/h1-5,15-18H,6-13,20H2. The average Bonchev–Trinajstić information content (AvgIpc) is 2.44. The fourth-order valence-electron chi connectivity index (χ4n) is 6.13. The number of nitrogens with two attached hydrogens (primary N) is 1. The molecule has 0 amide bonds. The molecule has 2 N–H and O–H groups in total. The third-order valence-electron chi connectivity index (χ3n) is 6.56. The molecule has 4 bridgehead atoms. The van der Waals surface area contributed by atoms with Crippen LogP contribution >= 0.6 is 0 Å². The van der Waals surface area contributed by atoms with Gasteiger partial charge in [0, 0.05) is 0 Å². The van der Waals surface area contributed by atoms with Crippen LogP contribution in [-0.2, 0) is 6.42 Å². The largest absolute Gasteiger partial charge is 0.330 e. The summed E-state index contributed by atoms with van der Waals surface area (Å²) in [5.74, 6) is 3.81. The van der Waals surface area contributed by atoms with Gasteiger partial charge in [-0.15, -0.1) is 0 Å². The van der Waals surface area contributed by atoms with Crippen molar-refractivity contribution in [1.29, 1.82) is 0 Å². The fraction of sp³-hybridized carbons (Fsp3) is 0.684. The molecule has 0 aromatic heterocycles. The van der Waals surface area contributed by atoms with E-state index in [2.05, 4.69) is 30.3 Å². The van der Waals surface area contributed by atoms with Gasteiger partial charge in [0.15, 0.2) is 0 Å². The van der Waals surface area contributed by atoms with Crippen LogP contribution in [0.5, 0.6) is 0 Å². The second-order valence-electron chi connectivity index (χ2n) is 7.90. The van der Waals surface area contributed by atoms with Gasteiger partial charge in [0.1, 0.15) is 0 Å². The van der Waals surface area contributed by atoms with Gasteiger partial charge in [-0.2, -0.15) is 0 Å². The molecule has 1 atom stereocenters. The van der Waals surface area contributed by atoms with Gasteiger partial charge >= 0.3 is 0 Å². The lowest BCUT2D eigenvalue weighted by Crippen LogP contribution is -2.51. The molecule has 0 spiro atoms. The van der Waals surface area contributed by atoms with Crippen molar-refractivity contribution in [2.45, 2.75) is 44.9 Å². The first-order chi connectivity index (χ1) is 9.77. The van der Waals surface area contributed by atoms with E-state index in [0.717, 1.165) is 24.3 Å². The molecular weight excluding hydrogens is 242 g/mol. The Morgan fingerprint density at radius 3 is 2.00 bits per heavy atom. The van der Waals surface area contributed by atoms with Crippen molar-refractivity contribution in [3.63, 3.8) is 0 Å². The van der Waals surface area contributed by atoms with Gasteiger partial charge in [-0.1, -0.05) is 30.3 Å². The number of hydrogen-bond acceptors (Lipinski definition) is 1. The topological polar surface area (TPSA) is 26.0 Å². The lowest BCUT2D eigenvalue weighted by atomic mass is 9.46. The minimum absolute atomic E-state index is 0.597. The van der Waals surface area contributed by atoms with Gasteiger partial charge in [-0.25, -0.2) is 0 Å². The molecule has 1 nitrogen and oxygen atoms in total. The maximum absolute atomic E-state index is 6.24. The van der Waals surface area contributed by atoms with E-state index < -0.39 is 0 Å². The summed E-state index contributed by atoms with van der Waals surface area (Å²) in [6.07, 6.45) is 10.2. The predicted molar refractivity (Wildman–Crippen MR) is 83.3 cm³/mol. The van der Waals surface area contributed by atoms with Gasteiger partial charge in [0.05, 0.1) is 0 Å². The molecule has 5 rings (SSSR count). The van der Waals surface area contributed by atoms with Crippen LogP contribution in [0.3, 0.4) is 0 Å². The van der Waals surface area contributed by atoms with Crippen LogP contribution in [0, 0.1) is 29.1 Å². The van der Waals surface area contributed by atoms with Crippen LogP contribution < -0.4 is 5.73 Å². The predicted octanol–water partition coefficient (Wildman–Crippen LogP) is 4.02. The lowest BCUT2D eigenvalue weighted by Gasteiger charge is -2.59. The van der Waals surface area contributed by atoms with E-state index in [9.17, 15) is 0 Å². The summed E-state index contributed by atoms with van der Waals surface area (Å²) in [5.41, 5.74) is 8.32. The Morgan fingerprint density at radius 2 is 1.50 bits per heavy atom. The van der Waals surface area contributed by atoms with E-state index >= 15 is 0 Å². The zero-order valence-electron chi connectivity index (χ0n) is 12.4. The Kier molecular flexibility index (Phi) is 3.14. The van der Waals surface area contributed by atoms with Gasteiger partial charge in [0.2, 0.25) is 0 Å². The molecule has 1 aromatic carbocycles. The van der Waals surface area contributed by atoms with Crippen molar-refractivity contribution in [1.82, 2.24) is 0 Å². The van der Waals surface area contributed by atoms with Crippen molar-refractivity contribution in [2.24, 2.45) is 34.8 Å². The third-order valence-corrected chi connectivity index (χ3v) is 6.56. The molecule has 4 aliphatic rings. The monoisotopic (exact) mass is 269 g/mol. The highest BCUT2D eigenvalue weighted by molar-refractivity contribution is 5.17. The normalized spacial score (nSPS) is 40.0. The van der Waals surface area contributed by atoms with Crippen LogP contribution in [0.15, 0.2) is 30.3 Å². The van der Waals surface area contributed by atoms with Crippen LogP contribution in [0.2, 0.25) is 0 Å². The molecule has 4 fully saturated rings. The van der Waals surface area contributed by atoms with Crippen LogP contribution in [0.25, 0.3) is 0 Å². The van der Waals surface area contributed by atoms with Crippen LogP contribution in [0.1, 0.15) is 44.1 Å². The molecular formula is C19H27N. The number of hydrogen-bond donors (Lipinski definition) is 1. The molecule has 1 unspecified atom stereocenters. The minimum atomic E-state index is 0.597. The Hall–Kier alpha value is -0.820. The highest BCUT2D eigenvalue weighted by Crippen LogP contribution is 2.62. The van der Waals surface area contributed by atoms with Gasteiger partial charge < -0.3 is 5.73 Å². The molecule has 1 heteroatoms. The van der Waals surface area contributed by atoms with Crippen molar-refractivity contribution in [2.75, 3.05) is 6.54 Å². The second kappa shape index (κ2) is 4.87. The van der Waals surface area contributed by atoms with E-state index in [1.165, 1.54) is 50.5 Å². The van der Waals surface area contributed by atoms with E-state index in [1.54, 1.807) is 0 Å². The smallest absolute Gasteiger partial charge is 0.00404 e. The number of benzene rings is 1. The highest BCUT2D eigenvalue weighted by atomic mass is 14.6. The Bertz CT molecular complexity index is 429. The van der Waals surface area contributed by atoms with E-state index in [-0.39, 0.29) is 0 Å². The molecule has 0 aliphatic heterocycles. The zero-order chi connectivity index (χ0) is 13.6. The minimum Gasteiger partial charge on any atom is -0.330 e. The Morgan fingerprint density at radius 1 is 0.950 bits per heavy atom. The lowest BCUT2D eigenvalue weighted by molar-refractivity contribution is -0.0849. The quantitative estimate of drug-likeness (QED) is 0.877. The third kappa shape index (κ3) is 2.11. The molecule has 4 aliphatic carbocycles. The van der Waals surface area contributed by atoms with Crippen molar-refractivity contribution in [3.05, 3.63) is 35.9 Å². The molecule has 0 heterocycles. The summed E-state index contributed by atoms with van der Waals surface area (Å²) in [7, 11) is 0. The maximum atomic E-state index is 6.24. The summed E-state index contributed by atoms with van der Waals surface area (Å²) in [4.78, 5) is 0. The molecule has 0 saturated heterocycles. The zero-order valence-corrected chi connectivity index (χ0v) is 12.4. The molecule has 108 valence electrons. The van der Waals surface area contributed by atoms with Gasteiger partial charge in [-0.05, 0) is 86.1 Å². The average molecular weight is 269 g/mol. The van der Waals surface area contributed by atoms with Crippen LogP contribution in [0.4, 0.5) is 0 Å². The van der Waals surface area contributed by atoms with E-state index in [1.807, 2.05) is 0 Å². The highest BCUT2D eigenvalue weighted by Gasteiger charge is 2.53. The summed E-state index contributed by atoms with van der Waals surface area (Å²) < 4.78 is 0. The van der Waals surface area contributed by atoms with E-state index in [4.69, 9.17) is 5.73 Å². The molecule has 20 heavy (non-hydrogen) atoms. The van der Waals surface area contributed by atoms with E-state index in [0.29, 0.717) is 11.3 Å². The Balaban J connectivity index is 1.58. The van der Waals surface area contributed by atoms with Crippen molar-refractivity contribution in [3.8, 4) is 0 Å². The number of rotatable bonds is 4. The van der Waals surface area contributed by atoms with Gasteiger partial charge in [-0.3, -0.25) is 0 Å². The molecule has 4 saturated carbocycles. The van der Waals surface area contributed by atoms with Crippen molar-refractivity contribution >= 4 is 0 Å². The van der Waals surface area contributed by atoms with Gasteiger partial charge in [0.25, 0.3) is 0 Å². The first-order valence-corrected chi connectivity index (χ1v) is 8.51. The van der Waals surface area contributed by atoms with Crippen LogP contribution in [-0.4, -0.2) is 6.54 Å². The first-order valence-electron chi connectivity index (χ1n) is 8.51. The maximum Gasteiger partial charge on any atom is -0.00404 e. The Labute approximate surface area is 122 Å². The SMILES string of the molecule is NCC(Cc1ccccc1)C12CC3CC(CC(C3)C1)C2.